The lowest BCUT2D eigenvalue weighted by atomic mass is 10.2. The van der Waals surface area contributed by atoms with Crippen LogP contribution in [0.5, 0.6) is 0 Å². The van der Waals surface area contributed by atoms with Crippen LogP contribution >= 0.6 is 0 Å². The molecule has 3 rings (SSSR count). The predicted molar refractivity (Wildman–Crippen MR) is 117 cm³/mol. The van der Waals surface area contributed by atoms with Crippen LogP contribution in [0.4, 0.5) is 11.4 Å². The lowest BCUT2D eigenvalue weighted by Crippen LogP contribution is -2.18. The molecule has 3 N–H and O–H groups in total. The Morgan fingerprint density at radius 2 is 1.10 bits per heavy atom. The van der Waals surface area contributed by atoms with Crippen molar-refractivity contribution in [2.75, 3.05) is 9.44 Å². The van der Waals surface area contributed by atoms with Gasteiger partial charge in [-0.25, -0.2) is 21.6 Å². The topological polar surface area (TPSA) is 130 Å². The molecule has 31 heavy (non-hydrogen) atoms. The van der Waals surface area contributed by atoms with Gasteiger partial charge in [0.15, 0.2) is 0 Å². The molecular formula is C21H20N2O6S2. The molecule has 0 saturated carbocycles. The summed E-state index contributed by atoms with van der Waals surface area (Å²) in [6, 6.07) is 15.5. The fourth-order valence-electron chi connectivity index (χ4n) is 2.69. The van der Waals surface area contributed by atoms with Crippen LogP contribution in [0.3, 0.4) is 0 Å². The molecule has 3 aromatic carbocycles. The number of aromatic carboxylic acids is 1. The first-order valence-corrected chi connectivity index (χ1v) is 12.0. The molecule has 0 saturated heterocycles. The van der Waals surface area contributed by atoms with E-state index < -0.39 is 26.0 Å². The Morgan fingerprint density at radius 1 is 0.677 bits per heavy atom. The highest BCUT2D eigenvalue weighted by Crippen LogP contribution is 2.29. The van der Waals surface area contributed by atoms with Gasteiger partial charge < -0.3 is 5.11 Å². The van der Waals surface area contributed by atoms with Gasteiger partial charge in [0.1, 0.15) is 0 Å². The monoisotopic (exact) mass is 460 g/mol. The second kappa shape index (κ2) is 8.40. The number of hydrogen-bond donors (Lipinski definition) is 3. The van der Waals surface area contributed by atoms with Gasteiger partial charge in [0, 0.05) is 0 Å². The number of carboxylic acids is 1. The highest BCUT2D eigenvalue weighted by molar-refractivity contribution is 7.93. The summed E-state index contributed by atoms with van der Waals surface area (Å²) in [5.74, 6) is -1.29. The molecule has 0 heterocycles. The summed E-state index contributed by atoms with van der Waals surface area (Å²) in [6.45, 7) is 3.62. The Bertz CT molecular complexity index is 1330. The number of aryl methyl sites for hydroxylation is 2. The Labute approximate surface area is 180 Å². The highest BCUT2D eigenvalue weighted by Gasteiger charge is 2.21. The Balaban J connectivity index is 2.02. The first kappa shape index (κ1) is 22.3. The quantitative estimate of drug-likeness (QED) is 0.494. The van der Waals surface area contributed by atoms with Crippen LogP contribution in [0.25, 0.3) is 0 Å². The minimum Gasteiger partial charge on any atom is -0.478 e. The van der Waals surface area contributed by atoms with E-state index in [2.05, 4.69) is 9.44 Å². The zero-order valence-electron chi connectivity index (χ0n) is 16.7. The van der Waals surface area contributed by atoms with Gasteiger partial charge in [0.25, 0.3) is 20.0 Å². The van der Waals surface area contributed by atoms with Crippen LogP contribution in [-0.4, -0.2) is 27.9 Å². The average Bonchev–Trinajstić information content (AvgIpc) is 2.69. The lowest BCUT2D eigenvalue weighted by molar-refractivity contribution is 0.0697. The van der Waals surface area contributed by atoms with Crippen molar-refractivity contribution < 1.29 is 26.7 Å². The van der Waals surface area contributed by atoms with Gasteiger partial charge in [-0.3, -0.25) is 9.44 Å². The lowest BCUT2D eigenvalue weighted by Gasteiger charge is -2.15. The fourth-order valence-corrected chi connectivity index (χ4v) is 4.84. The third-order valence-corrected chi connectivity index (χ3v) is 7.18. The second-order valence-electron chi connectivity index (χ2n) is 6.90. The van der Waals surface area contributed by atoms with E-state index in [0.717, 1.165) is 17.2 Å². The van der Waals surface area contributed by atoms with E-state index in [0.29, 0.717) is 0 Å². The maximum Gasteiger partial charge on any atom is 0.335 e. The van der Waals surface area contributed by atoms with Crippen molar-refractivity contribution in [1.29, 1.82) is 0 Å². The summed E-state index contributed by atoms with van der Waals surface area (Å²) in [5.41, 5.74) is 1.20. The van der Waals surface area contributed by atoms with Crippen molar-refractivity contribution in [1.82, 2.24) is 0 Å². The van der Waals surface area contributed by atoms with Crippen molar-refractivity contribution in [3.8, 4) is 0 Å². The number of sulfonamides is 2. The minimum absolute atomic E-state index is 0.0206. The molecular weight excluding hydrogens is 440 g/mol. The van der Waals surface area contributed by atoms with E-state index in [-0.39, 0.29) is 26.7 Å². The first-order chi connectivity index (χ1) is 14.5. The number of hydrogen-bond acceptors (Lipinski definition) is 5. The van der Waals surface area contributed by atoms with Gasteiger partial charge in [0.05, 0.1) is 26.7 Å². The van der Waals surface area contributed by atoms with Gasteiger partial charge in [-0.05, 0) is 56.3 Å². The molecule has 0 unspecified atom stereocenters. The van der Waals surface area contributed by atoms with E-state index in [1.807, 2.05) is 6.92 Å². The van der Waals surface area contributed by atoms with Crippen molar-refractivity contribution in [2.24, 2.45) is 0 Å². The van der Waals surface area contributed by atoms with E-state index in [9.17, 15) is 26.7 Å². The second-order valence-corrected chi connectivity index (χ2v) is 10.3. The molecule has 0 spiro atoms. The van der Waals surface area contributed by atoms with Gasteiger partial charge in [-0.2, -0.15) is 0 Å². The van der Waals surface area contributed by atoms with Gasteiger partial charge >= 0.3 is 5.97 Å². The summed E-state index contributed by atoms with van der Waals surface area (Å²) >= 11 is 0. The third-order valence-electron chi connectivity index (χ3n) is 4.42. The van der Waals surface area contributed by atoms with Crippen LogP contribution in [0.2, 0.25) is 0 Å². The van der Waals surface area contributed by atoms with Crippen LogP contribution in [-0.2, 0) is 20.0 Å². The largest absolute Gasteiger partial charge is 0.478 e. The molecule has 10 heteroatoms. The maximum atomic E-state index is 12.8. The molecule has 0 amide bonds. The van der Waals surface area contributed by atoms with Crippen molar-refractivity contribution in [3.05, 3.63) is 83.4 Å². The van der Waals surface area contributed by atoms with Crippen LogP contribution in [0.1, 0.15) is 21.5 Å². The van der Waals surface area contributed by atoms with Gasteiger partial charge in [0.2, 0.25) is 0 Å². The van der Waals surface area contributed by atoms with E-state index in [1.54, 1.807) is 31.2 Å². The maximum absolute atomic E-state index is 12.8. The van der Waals surface area contributed by atoms with E-state index >= 15 is 0 Å². The molecule has 0 aliphatic carbocycles. The highest BCUT2D eigenvalue weighted by atomic mass is 32.2. The SMILES string of the molecule is Cc1ccc(S(=O)(=O)Nc2ccc(C(=O)O)cc2NS(=O)(=O)c2ccc(C)cc2)cc1. The smallest absolute Gasteiger partial charge is 0.335 e. The van der Waals surface area contributed by atoms with Crippen molar-refractivity contribution in [2.45, 2.75) is 23.6 Å². The minimum atomic E-state index is -4.10. The van der Waals surface area contributed by atoms with Crippen LogP contribution in [0, 0.1) is 13.8 Å². The number of carboxylic acid groups (broad SMARTS) is 1. The Morgan fingerprint density at radius 3 is 1.52 bits per heavy atom. The normalized spacial score (nSPS) is 11.7. The molecule has 0 aromatic heterocycles. The summed E-state index contributed by atoms with van der Waals surface area (Å²) in [4.78, 5) is 11.3. The summed E-state index contributed by atoms with van der Waals surface area (Å²) in [7, 11) is -8.14. The Hall–Kier alpha value is -3.37. The molecule has 3 aromatic rings. The molecule has 0 aliphatic heterocycles. The van der Waals surface area contributed by atoms with E-state index in [1.165, 1.54) is 36.4 Å². The zero-order valence-corrected chi connectivity index (χ0v) is 18.3. The fraction of sp³-hybridized carbons (Fsp3) is 0.0952. The molecule has 0 radical (unpaired) electrons. The number of nitrogens with one attached hydrogen (secondary N) is 2. The van der Waals surface area contributed by atoms with Crippen molar-refractivity contribution >= 4 is 37.4 Å². The molecule has 0 fully saturated rings. The van der Waals surface area contributed by atoms with Crippen molar-refractivity contribution in [3.63, 3.8) is 0 Å². The molecule has 8 nitrogen and oxygen atoms in total. The van der Waals surface area contributed by atoms with Gasteiger partial charge in [-0.15, -0.1) is 0 Å². The summed E-state index contributed by atoms with van der Waals surface area (Å²) in [5, 5.41) is 9.27. The van der Waals surface area contributed by atoms with E-state index in [4.69, 9.17) is 0 Å². The van der Waals surface area contributed by atoms with Crippen LogP contribution in [0.15, 0.2) is 76.5 Å². The molecule has 0 atom stereocenters. The standard InChI is InChI=1S/C21H20N2O6S2/c1-14-3-8-17(9-4-14)30(26,27)22-19-12-7-16(21(24)25)13-20(19)23-31(28,29)18-10-5-15(2)6-11-18/h3-13,22-23H,1-2H3,(H,24,25). The Kier molecular flexibility index (Phi) is 6.05. The number of carbonyl (C=O) groups is 1. The number of benzene rings is 3. The average molecular weight is 461 g/mol. The zero-order chi connectivity index (χ0) is 22.8. The number of rotatable bonds is 7. The molecule has 162 valence electrons. The molecule has 0 bridgehead atoms. The van der Waals surface area contributed by atoms with Crippen LogP contribution < -0.4 is 9.44 Å². The molecule has 0 aliphatic rings. The number of anilines is 2. The first-order valence-electron chi connectivity index (χ1n) is 9.04. The third kappa shape index (κ3) is 5.22. The summed E-state index contributed by atoms with van der Waals surface area (Å²) < 4.78 is 55.7. The van der Waals surface area contributed by atoms with Gasteiger partial charge in [-0.1, -0.05) is 35.4 Å². The summed E-state index contributed by atoms with van der Waals surface area (Å²) in [6.07, 6.45) is 0. The predicted octanol–water partition coefficient (Wildman–Crippen LogP) is 3.60.